The van der Waals surface area contributed by atoms with Gasteiger partial charge >= 0.3 is 0 Å². The number of nitrogens with zero attached hydrogens (tertiary/aromatic N) is 2. The summed E-state index contributed by atoms with van der Waals surface area (Å²) in [6.07, 6.45) is 7.74. The van der Waals surface area contributed by atoms with Crippen LogP contribution in [0.5, 0.6) is 0 Å². The second kappa shape index (κ2) is 6.82. The number of para-hydroxylation sites is 1. The molecule has 1 unspecified atom stereocenters. The second-order valence-corrected chi connectivity index (χ2v) is 9.49. The highest BCUT2D eigenvalue weighted by molar-refractivity contribution is 7.91. The standard InChI is InChI=1S/C20H24N2O4S/c1-20(8-4-5-17(13-20)21-9-11-26-12-10-21)27(24,25)22-14-16(15-23)18-6-2-3-7-19(18)22/h2-7,13-14,23H,8-12,15H2,1H3. The van der Waals surface area contributed by atoms with Crippen LogP contribution in [0.1, 0.15) is 18.9 Å². The minimum Gasteiger partial charge on any atom is -0.392 e. The summed E-state index contributed by atoms with van der Waals surface area (Å²) in [4.78, 5) is 2.17. The molecule has 0 radical (unpaired) electrons. The fourth-order valence-electron chi connectivity index (χ4n) is 3.80. The first-order chi connectivity index (χ1) is 13.0. The van der Waals surface area contributed by atoms with Crippen LogP contribution in [0.25, 0.3) is 10.9 Å². The number of morpholine rings is 1. The lowest BCUT2D eigenvalue weighted by atomic mass is 9.99. The molecule has 7 heteroatoms. The molecule has 1 aliphatic heterocycles. The molecule has 0 spiro atoms. The van der Waals surface area contributed by atoms with E-state index in [1.165, 1.54) is 3.97 Å². The fraction of sp³-hybridized carbons (Fsp3) is 0.400. The molecule has 1 aromatic carbocycles. The van der Waals surface area contributed by atoms with Crippen LogP contribution in [0.2, 0.25) is 0 Å². The van der Waals surface area contributed by atoms with E-state index in [2.05, 4.69) is 4.90 Å². The van der Waals surface area contributed by atoms with Crippen LogP contribution in [0.3, 0.4) is 0 Å². The van der Waals surface area contributed by atoms with Crippen LogP contribution in [-0.2, 0) is 21.4 Å². The lowest BCUT2D eigenvalue weighted by Crippen LogP contribution is -2.42. The first kappa shape index (κ1) is 18.3. The zero-order valence-corrected chi connectivity index (χ0v) is 16.2. The number of hydrogen-bond donors (Lipinski definition) is 1. The summed E-state index contributed by atoms with van der Waals surface area (Å²) in [5, 5.41) is 10.4. The van der Waals surface area contributed by atoms with Gasteiger partial charge in [-0.1, -0.05) is 24.3 Å². The number of fused-ring (bicyclic) bond motifs is 1. The average Bonchev–Trinajstić information content (AvgIpc) is 3.08. The molecular weight excluding hydrogens is 364 g/mol. The van der Waals surface area contributed by atoms with E-state index < -0.39 is 14.8 Å². The van der Waals surface area contributed by atoms with Gasteiger partial charge in [0.25, 0.3) is 0 Å². The third kappa shape index (κ3) is 2.99. The molecular formula is C20H24N2O4S. The molecule has 6 nitrogen and oxygen atoms in total. The monoisotopic (exact) mass is 388 g/mol. The molecule has 1 fully saturated rings. The number of aliphatic hydroxyl groups excluding tert-OH is 1. The van der Waals surface area contributed by atoms with Crippen LogP contribution < -0.4 is 0 Å². The third-order valence-electron chi connectivity index (χ3n) is 5.42. The molecule has 27 heavy (non-hydrogen) atoms. The Morgan fingerprint density at radius 1 is 1.22 bits per heavy atom. The molecule has 2 heterocycles. The molecule has 1 saturated heterocycles. The van der Waals surface area contributed by atoms with Gasteiger partial charge in [0, 0.05) is 35.9 Å². The van der Waals surface area contributed by atoms with Crippen molar-refractivity contribution in [2.45, 2.75) is 24.7 Å². The van der Waals surface area contributed by atoms with E-state index in [1.807, 2.05) is 36.4 Å². The molecule has 4 rings (SSSR count). The van der Waals surface area contributed by atoms with Crippen LogP contribution in [0.15, 0.2) is 54.4 Å². The number of allylic oxidation sites excluding steroid dienone is 2. The van der Waals surface area contributed by atoms with Crippen LogP contribution in [0.4, 0.5) is 0 Å². The Labute approximate surface area is 159 Å². The van der Waals surface area contributed by atoms with Crippen molar-refractivity contribution in [3.05, 3.63) is 60.0 Å². The van der Waals surface area contributed by atoms with Crippen molar-refractivity contribution in [2.75, 3.05) is 26.3 Å². The first-order valence-electron chi connectivity index (χ1n) is 9.13. The van der Waals surface area contributed by atoms with Crippen molar-refractivity contribution in [3.8, 4) is 0 Å². The molecule has 144 valence electrons. The average molecular weight is 388 g/mol. The summed E-state index contributed by atoms with van der Waals surface area (Å²) >= 11 is 0. The van der Waals surface area contributed by atoms with Crippen molar-refractivity contribution >= 4 is 20.9 Å². The first-order valence-corrected chi connectivity index (χ1v) is 10.6. The minimum atomic E-state index is -3.73. The Morgan fingerprint density at radius 3 is 2.70 bits per heavy atom. The normalized spacial score (nSPS) is 23.6. The maximum Gasteiger partial charge on any atom is 0.248 e. The molecule has 1 N–H and O–H groups in total. The van der Waals surface area contributed by atoms with E-state index in [4.69, 9.17) is 4.74 Å². The molecule has 2 aliphatic rings. The molecule has 1 aliphatic carbocycles. The van der Waals surface area contributed by atoms with Gasteiger partial charge in [-0.25, -0.2) is 12.4 Å². The summed E-state index contributed by atoms with van der Waals surface area (Å²) in [6.45, 7) is 4.38. The van der Waals surface area contributed by atoms with E-state index in [9.17, 15) is 13.5 Å². The third-order valence-corrected chi connectivity index (χ3v) is 7.70. The van der Waals surface area contributed by atoms with Gasteiger partial charge in [-0.2, -0.15) is 0 Å². The summed E-state index contributed by atoms with van der Waals surface area (Å²) in [7, 11) is -3.73. The van der Waals surface area contributed by atoms with Crippen LogP contribution in [-0.4, -0.2) is 53.4 Å². The highest BCUT2D eigenvalue weighted by Gasteiger charge is 2.40. The number of aromatic nitrogens is 1. The largest absolute Gasteiger partial charge is 0.392 e. The van der Waals surface area contributed by atoms with Crippen LogP contribution in [0, 0.1) is 0 Å². The zero-order chi connectivity index (χ0) is 19.1. The molecule has 2 aromatic rings. The van der Waals surface area contributed by atoms with E-state index >= 15 is 0 Å². The smallest absolute Gasteiger partial charge is 0.248 e. The Hall–Kier alpha value is -2.09. The van der Waals surface area contributed by atoms with Crippen molar-refractivity contribution in [1.82, 2.24) is 8.87 Å². The van der Waals surface area contributed by atoms with Gasteiger partial charge in [-0.05, 0) is 31.6 Å². The van der Waals surface area contributed by atoms with Crippen LogP contribution >= 0.6 is 0 Å². The summed E-state index contributed by atoms with van der Waals surface area (Å²) in [5.41, 5.74) is 2.13. The Morgan fingerprint density at radius 2 is 1.96 bits per heavy atom. The van der Waals surface area contributed by atoms with Gasteiger partial charge in [0.2, 0.25) is 10.0 Å². The predicted octanol–water partition coefficient (Wildman–Crippen LogP) is 2.25. The SMILES string of the molecule is CC1(S(=O)(=O)n2cc(CO)c3ccccc32)C=C(N2CCOCC2)C=CC1. The molecule has 0 bridgehead atoms. The molecule has 0 saturated carbocycles. The number of benzene rings is 1. The topological polar surface area (TPSA) is 71.8 Å². The van der Waals surface area contributed by atoms with Gasteiger partial charge in [-0.15, -0.1) is 0 Å². The zero-order valence-electron chi connectivity index (χ0n) is 15.3. The summed E-state index contributed by atoms with van der Waals surface area (Å²) < 4.78 is 33.0. The van der Waals surface area contributed by atoms with Gasteiger partial charge in [0.15, 0.2) is 0 Å². The number of ether oxygens (including phenoxy) is 1. The van der Waals surface area contributed by atoms with Crippen molar-refractivity contribution in [1.29, 1.82) is 0 Å². The minimum absolute atomic E-state index is 0.200. The fourth-order valence-corrected chi connectivity index (χ4v) is 5.51. The van der Waals surface area contributed by atoms with E-state index in [0.29, 0.717) is 30.7 Å². The molecule has 1 atom stereocenters. The number of rotatable bonds is 4. The molecule has 0 amide bonds. The van der Waals surface area contributed by atoms with Gasteiger partial charge < -0.3 is 14.7 Å². The van der Waals surface area contributed by atoms with E-state index in [1.54, 1.807) is 19.2 Å². The van der Waals surface area contributed by atoms with Crippen molar-refractivity contribution < 1.29 is 18.3 Å². The van der Waals surface area contributed by atoms with Crippen molar-refractivity contribution in [2.24, 2.45) is 0 Å². The highest BCUT2D eigenvalue weighted by Crippen LogP contribution is 2.35. The summed E-state index contributed by atoms with van der Waals surface area (Å²) in [6, 6.07) is 7.28. The number of aliphatic hydroxyl groups is 1. The maximum atomic E-state index is 13.6. The van der Waals surface area contributed by atoms with Gasteiger partial charge in [0.1, 0.15) is 4.75 Å². The van der Waals surface area contributed by atoms with E-state index in [0.717, 1.165) is 24.2 Å². The molecule has 1 aromatic heterocycles. The quantitative estimate of drug-likeness (QED) is 0.870. The lowest BCUT2D eigenvalue weighted by molar-refractivity contribution is 0.0550. The Balaban J connectivity index is 1.79. The summed E-state index contributed by atoms with van der Waals surface area (Å²) in [5.74, 6) is 0. The van der Waals surface area contributed by atoms with Gasteiger partial charge in [0.05, 0.1) is 25.3 Å². The Bertz CT molecular complexity index is 1020. The van der Waals surface area contributed by atoms with Crippen molar-refractivity contribution in [3.63, 3.8) is 0 Å². The van der Waals surface area contributed by atoms with E-state index in [-0.39, 0.29) is 6.61 Å². The lowest BCUT2D eigenvalue weighted by Gasteiger charge is -2.35. The second-order valence-electron chi connectivity index (χ2n) is 7.22. The maximum absolute atomic E-state index is 13.6. The highest BCUT2D eigenvalue weighted by atomic mass is 32.2. The Kier molecular flexibility index (Phi) is 4.61. The predicted molar refractivity (Wildman–Crippen MR) is 105 cm³/mol. The number of hydrogen-bond acceptors (Lipinski definition) is 5. The van der Waals surface area contributed by atoms with Gasteiger partial charge in [-0.3, -0.25) is 0 Å².